The fourth-order valence-corrected chi connectivity index (χ4v) is 2.40. The first-order valence-electron chi connectivity index (χ1n) is 7.79. The number of benzene rings is 1. The average Bonchev–Trinajstić information content (AvgIpc) is 3.05. The highest BCUT2D eigenvalue weighted by atomic mass is 35.5. The van der Waals surface area contributed by atoms with Gasteiger partial charge in [0.2, 0.25) is 5.91 Å². The second-order valence-corrected chi connectivity index (χ2v) is 5.40. The Kier molecular flexibility index (Phi) is 8.78. The lowest BCUT2D eigenvalue weighted by molar-refractivity contribution is -0.124. The van der Waals surface area contributed by atoms with Crippen LogP contribution in [0.2, 0.25) is 0 Å². The fourth-order valence-electron chi connectivity index (χ4n) is 2.40. The van der Waals surface area contributed by atoms with Crippen LogP contribution in [0.4, 0.5) is 8.78 Å². The molecule has 2 rings (SSSR count). The van der Waals surface area contributed by atoms with Crippen LogP contribution in [-0.2, 0) is 11.3 Å². The van der Waals surface area contributed by atoms with Crippen LogP contribution in [0.15, 0.2) is 18.2 Å². The van der Waals surface area contributed by atoms with Gasteiger partial charge in [0, 0.05) is 24.7 Å². The van der Waals surface area contributed by atoms with E-state index in [4.69, 9.17) is 4.74 Å². The first-order valence-corrected chi connectivity index (χ1v) is 7.79. The Hall–Kier alpha value is -1.60. The van der Waals surface area contributed by atoms with Crippen molar-refractivity contribution in [2.24, 2.45) is 5.92 Å². The van der Waals surface area contributed by atoms with Crippen LogP contribution in [0.25, 0.3) is 0 Å². The molecular formula is C16H23ClF2N2O3. The number of rotatable bonds is 8. The molecule has 1 heterocycles. The summed E-state index contributed by atoms with van der Waals surface area (Å²) < 4.78 is 35.1. The molecule has 1 amide bonds. The molecule has 0 bridgehead atoms. The highest BCUT2D eigenvalue weighted by Crippen LogP contribution is 2.27. The van der Waals surface area contributed by atoms with Crippen LogP contribution in [0, 0.1) is 5.92 Å². The van der Waals surface area contributed by atoms with Gasteiger partial charge in [-0.15, -0.1) is 12.4 Å². The summed E-state index contributed by atoms with van der Waals surface area (Å²) in [6, 6.07) is 4.75. The Morgan fingerprint density at radius 2 is 2.25 bits per heavy atom. The van der Waals surface area contributed by atoms with Crippen LogP contribution in [-0.4, -0.2) is 32.2 Å². The maximum absolute atomic E-state index is 12.6. The third kappa shape index (κ3) is 6.13. The van der Waals surface area contributed by atoms with Gasteiger partial charge in [-0.05, 0) is 31.5 Å². The molecule has 1 aromatic rings. The Balaban J connectivity index is 0.00000288. The number of carbonyl (C=O) groups is 1. The minimum atomic E-state index is -2.93. The lowest BCUT2D eigenvalue weighted by atomic mass is 10.1. The van der Waals surface area contributed by atoms with Gasteiger partial charge >= 0.3 is 6.61 Å². The molecule has 1 atom stereocenters. The van der Waals surface area contributed by atoms with E-state index in [1.807, 2.05) is 6.92 Å². The van der Waals surface area contributed by atoms with Gasteiger partial charge in [0.15, 0.2) is 0 Å². The van der Waals surface area contributed by atoms with Crippen molar-refractivity contribution in [3.05, 3.63) is 23.8 Å². The standard InChI is InChI=1S/C16H22F2N2O3.ClH/c1-2-7-22-13-4-3-11(14(8-13)23-16(17)18)10-20-15(21)12-5-6-19-9-12;/h3-4,8,12,16,19H,2,5-7,9-10H2,1H3,(H,20,21);1H. The van der Waals surface area contributed by atoms with Crippen molar-refractivity contribution in [3.8, 4) is 11.5 Å². The monoisotopic (exact) mass is 364 g/mol. The molecule has 1 unspecified atom stereocenters. The van der Waals surface area contributed by atoms with Gasteiger partial charge in [-0.1, -0.05) is 6.92 Å². The Labute approximate surface area is 146 Å². The zero-order chi connectivity index (χ0) is 16.7. The van der Waals surface area contributed by atoms with Crippen LogP contribution >= 0.6 is 12.4 Å². The van der Waals surface area contributed by atoms with Crippen molar-refractivity contribution in [3.63, 3.8) is 0 Å². The van der Waals surface area contributed by atoms with Gasteiger partial charge in [-0.3, -0.25) is 4.79 Å². The minimum absolute atomic E-state index is 0. The van der Waals surface area contributed by atoms with E-state index in [2.05, 4.69) is 15.4 Å². The molecule has 0 radical (unpaired) electrons. The van der Waals surface area contributed by atoms with Gasteiger partial charge in [0.1, 0.15) is 11.5 Å². The molecule has 8 heteroatoms. The molecular weight excluding hydrogens is 342 g/mol. The smallest absolute Gasteiger partial charge is 0.387 e. The topological polar surface area (TPSA) is 59.6 Å². The van der Waals surface area contributed by atoms with E-state index >= 15 is 0 Å². The lowest BCUT2D eigenvalue weighted by Crippen LogP contribution is -2.31. The molecule has 136 valence electrons. The van der Waals surface area contributed by atoms with Gasteiger partial charge in [0.25, 0.3) is 0 Å². The normalized spacial score (nSPS) is 16.6. The lowest BCUT2D eigenvalue weighted by Gasteiger charge is -2.15. The second kappa shape index (κ2) is 10.3. The van der Waals surface area contributed by atoms with Crippen LogP contribution in [0.1, 0.15) is 25.3 Å². The number of ether oxygens (including phenoxy) is 2. The van der Waals surface area contributed by atoms with E-state index < -0.39 is 6.61 Å². The zero-order valence-electron chi connectivity index (χ0n) is 13.5. The maximum Gasteiger partial charge on any atom is 0.387 e. The Morgan fingerprint density at radius 1 is 1.46 bits per heavy atom. The molecule has 1 fully saturated rings. The SMILES string of the molecule is CCCOc1ccc(CNC(=O)C2CCNC2)c(OC(F)F)c1.Cl. The Bertz CT molecular complexity index is 526. The summed E-state index contributed by atoms with van der Waals surface area (Å²) in [6.45, 7) is 1.14. The summed E-state index contributed by atoms with van der Waals surface area (Å²) in [5.41, 5.74) is 0.494. The predicted octanol–water partition coefficient (Wildman–Crippen LogP) is 2.72. The number of alkyl halides is 2. The highest BCUT2D eigenvalue weighted by Gasteiger charge is 2.22. The largest absolute Gasteiger partial charge is 0.493 e. The number of hydrogen-bond acceptors (Lipinski definition) is 4. The van der Waals surface area contributed by atoms with Crippen LogP contribution < -0.4 is 20.1 Å². The molecule has 1 aliphatic heterocycles. The van der Waals surface area contributed by atoms with E-state index in [1.54, 1.807) is 12.1 Å². The van der Waals surface area contributed by atoms with Crippen molar-refractivity contribution in [2.75, 3.05) is 19.7 Å². The maximum atomic E-state index is 12.6. The molecule has 1 aliphatic rings. The van der Waals surface area contributed by atoms with E-state index in [-0.39, 0.29) is 36.5 Å². The van der Waals surface area contributed by atoms with E-state index in [0.717, 1.165) is 19.4 Å². The minimum Gasteiger partial charge on any atom is -0.493 e. The van der Waals surface area contributed by atoms with Crippen molar-refractivity contribution >= 4 is 18.3 Å². The Morgan fingerprint density at radius 3 is 2.88 bits per heavy atom. The molecule has 0 spiro atoms. The van der Waals surface area contributed by atoms with Gasteiger partial charge in [0.05, 0.1) is 12.5 Å². The molecule has 0 aliphatic carbocycles. The predicted molar refractivity (Wildman–Crippen MR) is 88.9 cm³/mol. The van der Waals surface area contributed by atoms with E-state index in [1.165, 1.54) is 6.07 Å². The van der Waals surface area contributed by atoms with Crippen molar-refractivity contribution in [1.82, 2.24) is 10.6 Å². The van der Waals surface area contributed by atoms with Crippen molar-refractivity contribution in [1.29, 1.82) is 0 Å². The summed E-state index contributed by atoms with van der Waals surface area (Å²) in [6.07, 6.45) is 1.61. The third-order valence-electron chi connectivity index (χ3n) is 3.61. The number of hydrogen-bond donors (Lipinski definition) is 2. The summed E-state index contributed by atoms with van der Waals surface area (Å²) in [5, 5.41) is 5.89. The number of carbonyl (C=O) groups excluding carboxylic acids is 1. The van der Waals surface area contributed by atoms with Gasteiger partial charge in [-0.25, -0.2) is 0 Å². The molecule has 0 saturated carbocycles. The molecule has 1 saturated heterocycles. The summed E-state index contributed by atoms with van der Waals surface area (Å²) >= 11 is 0. The first kappa shape index (κ1) is 20.4. The van der Waals surface area contributed by atoms with Crippen molar-refractivity contribution in [2.45, 2.75) is 32.9 Å². The van der Waals surface area contributed by atoms with E-state index in [0.29, 0.717) is 24.5 Å². The average molecular weight is 365 g/mol. The number of amides is 1. The molecule has 2 N–H and O–H groups in total. The molecule has 1 aromatic carbocycles. The fraction of sp³-hybridized carbons (Fsp3) is 0.562. The number of halogens is 3. The van der Waals surface area contributed by atoms with Gasteiger partial charge in [-0.2, -0.15) is 8.78 Å². The van der Waals surface area contributed by atoms with Gasteiger partial charge < -0.3 is 20.1 Å². The molecule has 5 nitrogen and oxygen atoms in total. The number of nitrogens with one attached hydrogen (secondary N) is 2. The molecule has 0 aromatic heterocycles. The van der Waals surface area contributed by atoms with Crippen LogP contribution in [0.3, 0.4) is 0 Å². The highest BCUT2D eigenvalue weighted by molar-refractivity contribution is 5.85. The summed E-state index contributed by atoms with van der Waals surface area (Å²) in [4.78, 5) is 12.0. The quantitative estimate of drug-likeness (QED) is 0.744. The zero-order valence-corrected chi connectivity index (χ0v) is 14.3. The first-order chi connectivity index (χ1) is 11.1. The van der Waals surface area contributed by atoms with E-state index in [9.17, 15) is 13.6 Å². The van der Waals surface area contributed by atoms with Crippen LogP contribution in [0.5, 0.6) is 11.5 Å². The summed E-state index contributed by atoms with van der Waals surface area (Å²) in [5.74, 6) is 0.349. The second-order valence-electron chi connectivity index (χ2n) is 5.40. The molecule has 24 heavy (non-hydrogen) atoms. The third-order valence-corrected chi connectivity index (χ3v) is 3.61. The van der Waals surface area contributed by atoms with Crippen molar-refractivity contribution < 1.29 is 23.0 Å². The summed E-state index contributed by atoms with van der Waals surface area (Å²) in [7, 11) is 0.